The molecule has 3 rings (SSSR count). The van der Waals surface area contributed by atoms with Gasteiger partial charge in [-0.05, 0) is 0 Å². The summed E-state index contributed by atoms with van der Waals surface area (Å²) in [6.07, 6.45) is -1.37. The lowest BCUT2D eigenvalue weighted by Gasteiger charge is -2.29. The molecular formula is C15H20O9. The van der Waals surface area contributed by atoms with Crippen molar-refractivity contribution in [2.75, 3.05) is 39.6 Å². The second-order valence-electron chi connectivity index (χ2n) is 6.00. The van der Waals surface area contributed by atoms with Crippen LogP contribution >= 0.6 is 0 Å². The quantitative estimate of drug-likeness (QED) is 0.413. The van der Waals surface area contributed by atoms with Crippen molar-refractivity contribution < 1.29 is 42.8 Å². The van der Waals surface area contributed by atoms with Gasteiger partial charge in [-0.1, -0.05) is 0 Å². The molecule has 0 bridgehead atoms. The molecule has 3 fully saturated rings. The lowest BCUT2D eigenvalue weighted by Crippen LogP contribution is -2.42. The van der Waals surface area contributed by atoms with Gasteiger partial charge in [0.25, 0.3) is 0 Å². The first-order chi connectivity index (χ1) is 11.6. The van der Waals surface area contributed by atoms with E-state index in [1.807, 2.05) is 0 Å². The Kier molecular flexibility index (Phi) is 5.64. The zero-order valence-corrected chi connectivity index (χ0v) is 13.1. The number of hydrogen-bond donors (Lipinski definition) is 0. The van der Waals surface area contributed by atoms with Crippen LogP contribution in [0, 0.1) is 5.92 Å². The molecule has 0 aromatic carbocycles. The largest absolute Gasteiger partial charge is 0.457 e. The van der Waals surface area contributed by atoms with Gasteiger partial charge < -0.3 is 28.4 Å². The molecule has 0 amide bonds. The van der Waals surface area contributed by atoms with Crippen LogP contribution in [0.4, 0.5) is 0 Å². The minimum absolute atomic E-state index is 0.237. The number of esters is 3. The van der Waals surface area contributed by atoms with Crippen molar-refractivity contribution in [3.05, 3.63) is 0 Å². The van der Waals surface area contributed by atoms with Crippen molar-refractivity contribution in [3.63, 3.8) is 0 Å². The maximum atomic E-state index is 12.2. The molecule has 134 valence electrons. The molecule has 3 saturated heterocycles. The summed E-state index contributed by atoms with van der Waals surface area (Å²) in [7, 11) is 0. The molecule has 3 aliphatic heterocycles. The van der Waals surface area contributed by atoms with Gasteiger partial charge >= 0.3 is 17.9 Å². The fraction of sp³-hybridized carbons (Fsp3) is 0.800. The van der Waals surface area contributed by atoms with E-state index in [1.54, 1.807) is 0 Å². The Morgan fingerprint density at radius 3 is 1.42 bits per heavy atom. The van der Waals surface area contributed by atoms with E-state index in [0.29, 0.717) is 39.6 Å². The van der Waals surface area contributed by atoms with Gasteiger partial charge in [0, 0.05) is 0 Å². The zero-order chi connectivity index (χ0) is 16.9. The van der Waals surface area contributed by atoms with Gasteiger partial charge in [0.15, 0.2) is 0 Å². The van der Waals surface area contributed by atoms with Crippen molar-refractivity contribution in [1.29, 1.82) is 0 Å². The smallest absolute Gasteiger partial charge is 0.310 e. The molecule has 0 saturated carbocycles. The van der Waals surface area contributed by atoms with E-state index in [-0.39, 0.29) is 31.2 Å². The average molecular weight is 344 g/mol. The molecule has 0 aromatic rings. The Balaban J connectivity index is 1.50. The van der Waals surface area contributed by atoms with Crippen molar-refractivity contribution >= 4 is 17.9 Å². The molecule has 0 N–H and O–H groups in total. The van der Waals surface area contributed by atoms with Crippen LogP contribution in [0.5, 0.6) is 0 Å². The van der Waals surface area contributed by atoms with Gasteiger partial charge in [0.2, 0.25) is 0 Å². The van der Waals surface area contributed by atoms with Crippen molar-refractivity contribution in [2.45, 2.75) is 31.2 Å². The number of carbonyl (C=O) groups excluding carboxylic acids is 3. The fourth-order valence-electron chi connectivity index (χ4n) is 2.22. The molecule has 9 nitrogen and oxygen atoms in total. The molecule has 0 aromatic heterocycles. The lowest BCUT2D eigenvalue weighted by molar-refractivity contribution is -0.187. The Morgan fingerprint density at radius 1 is 0.708 bits per heavy atom. The van der Waals surface area contributed by atoms with Crippen LogP contribution in [-0.2, 0) is 42.8 Å². The SMILES string of the molecule is O=C(CC(CC(=O)OC1COC1)C(=O)OC1COC1)OC1COC1. The number of rotatable bonds is 8. The van der Waals surface area contributed by atoms with Crippen molar-refractivity contribution in [1.82, 2.24) is 0 Å². The molecule has 0 atom stereocenters. The third-order valence-corrected chi connectivity index (χ3v) is 3.86. The van der Waals surface area contributed by atoms with E-state index in [9.17, 15) is 14.4 Å². The molecular weight excluding hydrogens is 324 g/mol. The molecule has 0 aliphatic carbocycles. The molecule has 3 aliphatic rings. The predicted molar refractivity (Wildman–Crippen MR) is 74.8 cm³/mol. The third kappa shape index (κ3) is 4.65. The van der Waals surface area contributed by atoms with Gasteiger partial charge in [0.1, 0.15) is 18.3 Å². The standard InChI is InChI=1S/C15H20O9/c16-13(22-10-3-19-4-10)1-9(15(18)24-12-7-21-8-12)2-14(17)23-11-5-20-6-11/h9-12H,1-8H2. The zero-order valence-electron chi connectivity index (χ0n) is 13.1. The van der Waals surface area contributed by atoms with E-state index in [0.717, 1.165) is 0 Å². The first-order valence-electron chi connectivity index (χ1n) is 7.93. The van der Waals surface area contributed by atoms with Crippen LogP contribution in [0.2, 0.25) is 0 Å². The first kappa shape index (κ1) is 17.1. The van der Waals surface area contributed by atoms with E-state index < -0.39 is 23.8 Å². The second kappa shape index (κ2) is 7.91. The summed E-state index contributed by atoms with van der Waals surface area (Å²) in [5.41, 5.74) is 0. The summed E-state index contributed by atoms with van der Waals surface area (Å²) in [6, 6.07) is 0. The Bertz CT molecular complexity index is 449. The Labute approximate surface area is 138 Å². The van der Waals surface area contributed by atoms with Gasteiger partial charge in [-0.2, -0.15) is 0 Å². The van der Waals surface area contributed by atoms with Crippen molar-refractivity contribution in [2.24, 2.45) is 5.92 Å². The normalized spacial score (nSPS) is 21.4. The number of hydrogen-bond acceptors (Lipinski definition) is 9. The van der Waals surface area contributed by atoms with Crippen molar-refractivity contribution in [3.8, 4) is 0 Å². The Morgan fingerprint density at radius 2 is 1.08 bits per heavy atom. The summed E-state index contributed by atoms with van der Waals surface area (Å²) >= 11 is 0. The van der Waals surface area contributed by atoms with Gasteiger partial charge in [0.05, 0.1) is 58.4 Å². The number of carbonyl (C=O) groups is 3. The first-order valence-corrected chi connectivity index (χ1v) is 7.93. The van der Waals surface area contributed by atoms with Gasteiger partial charge in [-0.15, -0.1) is 0 Å². The lowest BCUT2D eigenvalue weighted by atomic mass is 10.0. The van der Waals surface area contributed by atoms with Crippen LogP contribution < -0.4 is 0 Å². The third-order valence-electron chi connectivity index (χ3n) is 3.86. The molecule has 9 heteroatoms. The minimum Gasteiger partial charge on any atom is -0.457 e. The minimum atomic E-state index is -0.937. The second-order valence-corrected chi connectivity index (χ2v) is 6.00. The molecule has 0 radical (unpaired) electrons. The molecule has 0 spiro atoms. The molecule has 0 unspecified atom stereocenters. The summed E-state index contributed by atoms with van der Waals surface area (Å²) in [5.74, 6) is -2.68. The topological polar surface area (TPSA) is 107 Å². The summed E-state index contributed by atoms with van der Waals surface area (Å²) in [6.45, 7) is 2.06. The van der Waals surface area contributed by atoms with Gasteiger partial charge in [-0.25, -0.2) is 0 Å². The average Bonchev–Trinajstić information content (AvgIpc) is 2.41. The van der Waals surface area contributed by atoms with E-state index in [4.69, 9.17) is 28.4 Å². The molecule has 3 heterocycles. The highest BCUT2D eigenvalue weighted by molar-refractivity contribution is 5.84. The van der Waals surface area contributed by atoms with Crippen LogP contribution in [0.25, 0.3) is 0 Å². The van der Waals surface area contributed by atoms with Crippen LogP contribution in [0.3, 0.4) is 0 Å². The summed E-state index contributed by atoms with van der Waals surface area (Å²) in [5, 5.41) is 0. The van der Waals surface area contributed by atoms with E-state index in [1.165, 1.54) is 0 Å². The van der Waals surface area contributed by atoms with Crippen LogP contribution in [0.15, 0.2) is 0 Å². The maximum Gasteiger partial charge on any atom is 0.310 e. The highest BCUT2D eigenvalue weighted by atomic mass is 16.6. The Hall–Kier alpha value is -1.71. The predicted octanol–water partition coefficient (Wildman–Crippen LogP) is -0.791. The van der Waals surface area contributed by atoms with Crippen LogP contribution in [-0.4, -0.2) is 75.9 Å². The monoisotopic (exact) mass is 344 g/mol. The number of ether oxygens (including phenoxy) is 6. The fourth-order valence-corrected chi connectivity index (χ4v) is 2.22. The molecule has 24 heavy (non-hydrogen) atoms. The maximum absolute atomic E-state index is 12.2. The highest BCUT2D eigenvalue weighted by Gasteiger charge is 2.34. The van der Waals surface area contributed by atoms with Gasteiger partial charge in [-0.3, -0.25) is 14.4 Å². The highest BCUT2D eigenvalue weighted by Crippen LogP contribution is 2.19. The summed E-state index contributed by atoms with van der Waals surface area (Å²) < 4.78 is 30.3. The van der Waals surface area contributed by atoms with E-state index in [2.05, 4.69) is 0 Å². The van der Waals surface area contributed by atoms with Crippen LogP contribution in [0.1, 0.15) is 12.8 Å². The summed E-state index contributed by atoms with van der Waals surface area (Å²) in [4.78, 5) is 36.1. The van der Waals surface area contributed by atoms with E-state index >= 15 is 0 Å².